The van der Waals surface area contributed by atoms with E-state index >= 15 is 0 Å². The Bertz CT molecular complexity index is 400. The number of hydrogen-bond donors (Lipinski definition) is 1. The van der Waals surface area contributed by atoms with Gasteiger partial charge in [-0.1, -0.05) is 29.4 Å². The molecule has 1 heterocycles. The third kappa shape index (κ3) is 0.990. The summed E-state index contributed by atoms with van der Waals surface area (Å²) in [5, 5.41) is 13.5. The van der Waals surface area contributed by atoms with E-state index < -0.39 is 6.29 Å². The van der Waals surface area contributed by atoms with Crippen molar-refractivity contribution in [3.8, 4) is 0 Å². The maximum atomic E-state index is 9.51. The lowest BCUT2D eigenvalue weighted by Gasteiger charge is -2.21. The van der Waals surface area contributed by atoms with E-state index in [-0.39, 0.29) is 5.92 Å². The van der Waals surface area contributed by atoms with Crippen LogP contribution in [-0.2, 0) is 11.3 Å². The molecule has 1 aromatic carbocycles. The van der Waals surface area contributed by atoms with Crippen molar-refractivity contribution in [3.63, 3.8) is 0 Å². The van der Waals surface area contributed by atoms with Crippen LogP contribution in [0.2, 0.25) is 0 Å². The molecule has 1 N–H and O–H groups in total. The quantitative estimate of drug-likeness (QED) is 0.668. The molecular formula is C11H11NO2. The molecule has 3 heteroatoms. The number of benzene rings is 1. The van der Waals surface area contributed by atoms with Crippen LogP contribution in [0.25, 0.3) is 0 Å². The minimum absolute atomic E-state index is 0.0740. The van der Waals surface area contributed by atoms with Crippen molar-refractivity contribution in [2.75, 3.05) is 0 Å². The van der Waals surface area contributed by atoms with Gasteiger partial charge in [0.2, 0.25) is 6.29 Å². The zero-order chi connectivity index (χ0) is 9.54. The van der Waals surface area contributed by atoms with E-state index in [0.717, 1.165) is 24.1 Å². The van der Waals surface area contributed by atoms with E-state index in [1.165, 1.54) is 5.56 Å². The van der Waals surface area contributed by atoms with E-state index in [1.807, 2.05) is 18.2 Å². The summed E-state index contributed by atoms with van der Waals surface area (Å²) in [7, 11) is 0. The first kappa shape index (κ1) is 8.00. The molecule has 1 aliphatic carbocycles. The molecule has 72 valence electrons. The monoisotopic (exact) mass is 189 g/mol. The first-order chi connectivity index (χ1) is 6.86. The Hall–Kier alpha value is -1.35. The molecule has 0 fully saturated rings. The number of fused-ring (bicyclic) bond motifs is 3. The van der Waals surface area contributed by atoms with Crippen molar-refractivity contribution in [3.05, 3.63) is 35.4 Å². The normalized spacial score (nSPS) is 28.8. The molecule has 0 saturated heterocycles. The van der Waals surface area contributed by atoms with Gasteiger partial charge in [-0.15, -0.1) is 0 Å². The van der Waals surface area contributed by atoms with Gasteiger partial charge in [-0.2, -0.15) is 0 Å². The minimum Gasteiger partial charge on any atom is -0.363 e. The lowest BCUT2D eigenvalue weighted by molar-refractivity contribution is -0.100. The largest absolute Gasteiger partial charge is 0.363 e. The van der Waals surface area contributed by atoms with Crippen molar-refractivity contribution in [1.29, 1.82) is 0 Å². The first-order valence-corrected chi connectivity index (χ1v) is 4.86. The van der Waals surface area contributed by atoms with Crippen molar-refractivity contribution >= 4 is 5.71 Å². The highest BCUT2D eigenvalue weighted by molar-refractivity contribution is 6.04. The molecule has 14 heavy (non-hydrogen) atoms. The molecule has 0 saturated carbocycles. The Labute approximate surface area is 82.0 Å². The zero-order valence-electron chi connectivity index (χ0n) is 7.68. The summed E-state index contributed by atoms with van der Waals surface area (Å²) in [5.41, 5.74) is 3.36. The Kier molecular flexibility index (Phi) is 1.61. The molecule has 3 rings (SSSR count). The second-order valence-electron chi connectivity index (χ2n) is 3.77. The number of nitrogens with zero attached hydrogens (tertiary/aromatic N) is 1. The smallest absolute Gasteiger partial charge is 0.232 e. The standard InChI is InChI=1S/C11H11NO2/c13-11-9-6-5-7-3-1-2-4-8(7)10(9)12-14-11/h1-4,9,11,13H,5-6H2. The molecule has 2 unspecified atom stereocenters. The van der Waals surface area contributed by atoms with Crippen LogP contribution >= 0.6 is 0 Å². The maximum Gasteiger partial charge on any atom is 0.232 e. The van der Waals surface area contributed by atoms with Crippen LogP contribution in [0.1, 0.15) is 17.5 Å². The molecule has 2 atom stereocenters. The fourth-order valence-corrected chi connectivity index (χ4v) is 2.21. The Morgan fingerprint density at radius 3 is 3.14 bits per heavy atom. The molecular weight excluding hydrogens is 178 g/mol. The molecule has 1 aromatic rings. The molecule has 0 bridgehead atoms. The summed E-state index contributed by atoms with van der Waals surface area (Å²) in [4.78, 5) is 4.90. The van der Waals surface area contributed by atoms with Crippen molar-refractivity contribution in [2.24, 2.45) is 11.1 Å². The summed E-state index contributed by atoms with van der Waals surface area (Å²) in [6.07, 6.45) is 1.19. The summed E-state index contributed by atoms with van der Waals surface area (Å²) in [6, 6.07) is 8.18. The van der Waals surface area contributed by atoms with Gasteiger partial charge in [0.05, 0.1) is 11.6 Å². The van der Waals surface area contributed by atoms with E-state index in [2.05, 4.69) is 11.2 Å². The summed E-state index contributed by atoms with van der Waals surface area (Å²) >= 11 is 0. The molecule has 2 aliphatic rings. The number of aryl methyl sites for hydroxylation is 1. The van der Waals surface area contributed by atoms with Crippen molar-refractivity contribution in [1.82, 2.24) is 0 Å². The number of aliphatic hydroxyl groups is 1. The summed E-state index contributed by atoms with van der Waals surface area (Å²) in [5.74, 6) is 0.0740. The molecule has 0 radical (unpaired) electrons. The highest BCUT2D eigenvalue weighted by atomic mass is 16.7. The summed E-state index contributed by atoms with van der Waals surface area (Å²) < 4.78 is 0. The molecule has 3 nitrogen and oxygen atoms in total. The van der Waals surface area contributed by atoms with Gasteiger partial charge in [-0.3, -0.25) is 0 Å². The van der Waals surface area contributed by atoms with Gasteiger partial charge in [0.25, 0.3) is 0 Å². The van der Waals surface area contributed by atoms with Gasteiger partial charge in [0.15, 0.2) is 0 Å². The van der Waals surface area contributed by atoms with Gasteiger partial charge < -0.3 is 9.94 Å². The van der Waals surface area contributed by atoms with Gasteiger partial charge in [0, 0.05) is 5.56 Å². The average Bonchev–Trinajstić information content (AvgIpc) is 2.61. The predicted octanol–water partition coefficient (Wildman–Crippen LogP) is 1.30. The number of rotatable bonds is 0. The molecule has 1 aliphatic heterocycles. The predicted molar refractivity (Wildman–Crippen MR) is 51.9 cm³/mol. The minimum atomic E-state index is -0.738. The Morgan fingerprint density at radius 1 is 1.36 bits per heavy atom. The van der Waals surface area contributed by atoms with E-state index in [0.29, 0.717) is 0 Å². The van der Waals surface area contributed by atoms with Crippen molar-refractivity contribution < 1.29 is 9.94 Å². The zero-order valence-corrected chi connectivity index (χ0v) is 7.68. The van der Waals surface area contributed by atoms with Crippen LogP contribution in [0, 0.1) is 5.92 Å². The van der Waals surface area contributed by atoms with Crippen LogP contribution in [0.4, 0.5) is 0 Å². The van der Waals surface area contributed by atoms with Crippen LogP contribution in [-0.4, -0.2) is 17.1 Å². The van der Waals surface area contributed by atoms with Gasteiger partial charge >= 0.3 is 0 Å². The first-order valence-electron chi connectivity index (χ1n) is 4.86. The molecule has 0 amide bonds. The van der Waals surface area contributed by atoms with Crippen LogP contribution in [0.5, 0.6) is 0 Å². The second-order valence-corrected chi connectivity index (χ2v) is 3.77. The van der Waals surface area contributed by atoms with E-state index in [4.69, 9.17) is 4.84 Å². The van der Waals surface area contributed by atoms with Crippen LogP contribution in [0.15, 0.2) is 29.4 Å². The SMILES string of the molecule is OC1ON=C2c3ccccc3CCC21. The maximum absolute atomic E-state index is 9.51. The van der Waals surface area contributed by atoms with Crippen molar-refractivity contribution in [2.45, 2.75) is 19.1 Å². The molecule has 0 spiro atoms. The van der Waals surface area contributed by atoms with Crippen LogP contribution < -0.4 is 0 Å². The summed E-state index contributed by atoms with van der Waals surface area (Å²) in [6.45, 7) is 0. The number of oxime groups is 1. The van der Waals surface area contributed by atoms with Gasteiger partial charge in [-0.05, 0) is 18.4 Å². The fraction of sp³-hybridized carbons (Fsp3) is 0.364. The number of hydrogen-bond acceptors (Lipinski definition) is 3. The third-order valence-electron chi connectivity index (χ3n) is 2.97. The Morgan fingerprint density at radius 2 is 2.21 bits per heavy atom. The second kappa shape index (κ2) is 2.82. The van der Waals surface area contributed by atoms with E-state index in [9.17, 15) is 5.11 Å². The van der Waals surface area contributed by atoms with E-state index in [1.54, 1.807) is 0 Å². The highest BCUT2D eigenvalue weighted by Crippen LogP contribution is 2.32. The van der Waals surface area contributed by atoms with Gasteiger partial charge in [0.1, 0.15) is 0 Å². The highest BCUT2D eigenvalue weighted by Gasteiger charge is 2.36. The lowest BCUT2D eigenvalue weighted by atomic mass is 9.82. The molecule has 0 aromatic heterocycles. The average molecular weight is 189 g/mol. The Balaban J connectivity index is 2.10. The number of aliphatic hydroxyl groups excluding tert-OH is 1. The third-order valence-corrected chi connectivity index (χ3v) is 2.97. The lowest BCUT2D eigenvalue weighted by Crippen LogP contribution is -2.28. The topological polar surface area (TPSA) is 41.8 Å². The van der Waals surface area contributed by atoms with Crippen LogP contribution in [0.3, 0.4) is 0 Å². The van der Waals surface area contributed by atoms with Gasteiger partial charge in [-0.25, -0.2) is 0 Å². The fourth-order valence-electron chi connectivity index (χ4n) is 2.21.